The number of nitro benzene ring substituents is 1. The van der Waals surface area contributed by atoms with Gasteiger partial charge >= 0.3 is 0 Å². The monoisotopic (exact) mass is 327 g/mol. The molecule has 0 saturated carbocycles. The van der Waals surface area contributed by atoms with Crippen molar-refractivity contribution in [2.24, 2.45) is 0 Å². The Balaban J connectivity index is 1.63. The van der Waals surface area contributed by atoms with Gasteiger partial charge in [0.2, 0.25) is 5.95 Å². The molecule has 1 aliphatic heterocycles. The summed E-state index contributed by atoms with van der Waals surface area (Å²) >= 11 is 0. The van der Waals surface area contributed by atoms with Gasteiger partial charge in [0.15, 0.2) is 0 Å². The van der Waals surface area contributed by atoms with Gasteiger partial charge in [0.05, 0.1) is 4.92 Å². The number of aromatic nitrogens is 2. The normalized spacial score (nSPS) is 17.8. The van der Waals surface area contributed by atoms with Gasteiger partial charge in [-0.3, -0.25) is 15.0 Å². The van der Waals surface area contributed by atoms with Crippen LogP contribution in [0.1, 0.15) is 17.7 Å². The maximum absolute atomic E-state index is 10.9. The Morgan fingerprint density at radius 3 is 3.00 bits per heavy atom. The number of hydrogen-bond donors (Lipinski definition) is 0. The number of benzene rings is 1. The smallest absolute Gasteiger partial charge is 0.269 e. The summed E-state index contributed by atoms with van der Waals surface area (Å²) in [5, 5.41) is 10.9. The molecule has 2 heterocycles. The quantitative estimate of drug-likeness (QED) is 0.620. The summed E-state index contributed by atoms with van der Waals surface area (Å²) in [7, 11) is 2.02. The van der Waals surface area contributed by atoms with E-state index in [1.807, 2.05) is 26.1 Å². The highest BCUT2D eigenvalue weighted by Gasteiger charge is 2.27. The number of likely N-dealkylation sites (tertiary alicyclic amines) is 1. The number of hydrogen-bond acceptors (Lipinski definition) is 6. The van der Waals surface area contributed by atoms with Gasteiger partial charge < -0.3 is 4.90 Å². The Morgan fingerprint density at radius 2 is 2.25 bits per heavy atom. The Labute approximate surface area is 141 Å². The van der Waals surface area contributed by atoms with Crippen molar-refractivity contribution in [2.75, 3.05) is 25.0 Å². The molecule has 7 heteroatoms. The molecular weight excluding hydrogens is 306 g/mol. The lowest BCUT2D eigenvalue weighted by Gasteiger charge is -2.25. The van der Waals surface area contributed by atoms with Gasteiger partial charge in [0.1, 0.15) is 0 Å². The summed E-state index contributed by atoms with van der Waals surface area (Å²) in [5.41, 5.74) is 2.08. The number of nitrogens with zero attached hydrogens (tertiary/aromatic N) is 5. The molecule has 0 spiro atoms. The molecule has 126 valence electrons. The molecule has 24 heavy (non-hydrogen) atoms. The lowest BCUT2D eigenvalue weighted by atomic mass is 10.2. The van der Waals surface area contributed by atoms with Crippen molar-refractivity contribution in [3.05, 3.63) is 57.9 Å². The third-order valence-electron chi connectivity index (χ3n) is 4.42. The second-order valence-electron chi connectivity index (χ2n) is 6.21. The first-order valence-corrected chi connectivity index (χ1v) is 8.01. The minimum absolute atomic E-state index is 0.147. The fraction of sp³-hybridized carbons (Fsp3) is 0.412. The molecule has 1 saturated heterocycles. The predicted molar refractivity (Wildman–Crippen MR) is 92.0 cm³/mol. The number of anilines is 1. The van der Waals surface area contributed by atoms with Gasteiger partial charge in [-0.2, -0.15) is 0 Å². The molecule has 1 fully saturated rings. The van der Waals surface area contributed by atoms with Crippen molar-refractivity contribution < 1.29 is 4.92 Å². The number of non-ortho nitro benzene ring substituents is 1. The van der Waals surface area contributed by atoms with Crippen molar-refractivity contribution in [3.63, 3.8) is 0 Å². The van der Waals surface area contributed by atoms with Crippen LogP contribution in [0.2, 0.25) is 0 Å². The van der Waals surface area contributed by atoms with Crippen molar-refractivity contribution in [3.8, 4) is 0 Å². The van der Waals surface area contributed by atoms with Gasteiger partial charge in [-0.05, 0) is 25.0 Å². The molecule has 1 aromatic heterocycles. The average Bonchev–Trinajstić information content (AvgIpc) is 3.03. The van der Waals surface area contributed by atoms with E-state index in [2.05, 4.69) is 19.8 Å². The van der Waals surface area contributed by atoms with Gasteiger partial charge in [-0.25, -0.2) is 9.97 Å². The van der Waals surface area contributed by atoms with Crippen molar-refractivity contribution >= 4 is 11.6 Å². The zero-order valence-electron chi connectivity index (χ0n) is 13.9. The average molecular weight is 327 g/mol. The third-order valence-corrected chi connectivity index (χ3v) is 4.42. The van der Waals surface area contributed by atoms with Gasteiger partial charge in [0.25, 0.3) is 5.69 Å². The number of nitro groups is 1. The van der Waals surface area contributed by atoms with Gasteiger partial charge in [-0.1, -0.05) is 12.1 Å². The highest BCUT2D eigenvalue weighted by atomic mass is 16.6. The summed E-state index contributed by atoms with van der Waals surface area (Å²) in [4.78, 5) is 23.8. The molecule has 1 atom stereocenters. The molecule has 1 aromatic carbocycles. The minimum Gasteiger partial charge on any atom is -0.340 e. The van der Waals surface area contributed by atoms with E-state index >= 15 is 0 Å². The first-order valence-electron chi connectivity index (χ1n) is 8.01. The summed E-state index contributed by atoms with van der Waals surface area (Å²) in [5.74, 6) is 0.747. The van der Waals surface area contributed by atoms with E-state index in [9.17, 15) is 10.1 Å². The van der Waals surface area contributed by atoms with E-state index in [0.29, 0.717) is 6.04 Å². The van der Waals surface area contributed by atoms with Crippen LogP contribution in [-0.4, -0.2) is 46.0 Å². The van der Waals surface area contributed by atoms with Crippen molar-refractivity contribution in [2.45, 2.75) is 25.9 Å². The van der Waals surface area contributed by atoms with Crippen LogP contribution in [0.4, 0.5) is 11.6 Å². The maximum atomic E-state index is 10.9. The second-order valence-corrected chi connectivity index (χ2v) is 6.21. The number of aryl methyl sites for hydroxylation is 1. The van der Waals surface area contributed by atoms with Crippen LogP contribution in [0, 0.1) is 17.0 Å². The predicted octanol–water partition coefficient (Wildman–Crippen LogP) is 2.40. The van der Waals surface area contributed by atoms with Crippen LogP contribution >= 0.6 is 0 Å². The highest BCUT2D eigenvalue weighted by molar-refractivity contribution is 5.34. The fourth-order valence-corrected chi connectivity index (χ4v) is 3.07. The molecule has 0 N–H and O–H groups in total. The van der Waals surface area contributed by atoms with Crippen LogP contribution < -0.4 is 4.90 Å². The van der Waals surface area contributed by atoms with E-state index in [1.54, 1.807) is 18.3 Å². The molecule has 3 rings (SSSR count). The molecule has 0 amide bonds. The number of rotatable bonds is 5. The zero-order chi connectivity index (χ0) is 17.1. The van der Waals surface area contributed by atoms with Crippen LogP contribution in [0.3, 0.4) is 0 Å². The number of likely N-dealkylation sites (N-methyl/N-ethyl adjacent to an activating group) is 1. The van der Waals surface area contributed by atoms with Crippen LogP contribution in [-0.2, 0) is 6.54 Å². The zero-order valence-corrected chi connectivity index (χ0v) is 13.9. The molecule has 1 unspecified atom stereocenters. The fourth-order valence-electron chi connectivity index (χ4n) is 3.07. The standard InChI is InChI=1S/C17H21N5O2/c1-13-6-8-18-17(19-13)20(2)16-7-9-21(12-16)11-14-4-3-5-15(10-14)22(23)24/h3-6,8,10,16H,7,9,11-12H2,1-2H3. The van der Waals surface area contributed by atoms with E-state index in [4.69, 9.17) is 0 Å². The topological polar surface area (TPSA) is 75.4 Å². The molecule has 0 aliphatic carbocycles. The maximum Gasteiger partial charge on any atom is 0.269 e. The van der Waals surface area contributed by atoms with Crippen LogP contribution in [0.5, 0.6) is 0 Å². The molecule has 1 aliphatic rings. The minimum atomic E-state index is -0.348. The Kier molecular flexibility index (Phi) is 4.71. The van der Waals surface area contributed by atoms with Crippen molar-refractivity contribution in [1.29, 1.82) is 0 Å². The van der Waals surface area contributed by atoms with Gasteiger partial charge in [0, 0.05) is 56.7 Å². The second kappa shape index (κ2) is 6.92. The van der Waals surface area contributed by atoms with E-state index in [-0.39, 0.29) is 10.6 Å². The third kappa shape index (κ3) is 3.68. The largest absolute Gasteiger partial charge is 0.340 e. The summed E-state index contributed by atoms with van der Waals surface area (Å²) in [6.07, 6.45) is 2.81. The highest BCUT2D eigenvalue weighted by Crippen LogP contribution is 2.21. The van der Waals surface area contributed by atoms with Crippen LogP contribution in [0.15, 0.2) is 36.5 Å². The summed E-state index contributed by atoms with van der Waals surface area (Å²) < 4.78 is 0. The van der Waals surface area contributed by atoms with Crippen LogP contribution in [0.25, 0.3) is 0 Å². The van der Waals surface area contributed by atoms with E-state index < -0.39 is 0 Å². The molecule has 0 bridgehead atoms. The van der Waals surface area contributed by atoms with E-state index in [0.717, 1.165) is 43.3 Å². The molecule has 0 radical (unpaired) electrons. The summed E-state index contributed by atoms with van der Waals surface area (Å²) in [6, 6.07) is 9.10. The van der Waals surface area contributed by atoms with E-state index in [1.165, 1.54) is 6.07 Å². The lowest BCUT2D eigenvalue weighted by Crippen LogP contribution is -2.35. The Morgan fingerprint density at radius 1 is 1.42 bits per heavy atom. The molecule has 2 aromatic rings. The molecular formula is C17H21N5O2. The van der Waals surface area contributed by atoms with Crippen molar-refractivity contribution in [1.82, 2.24) is 14.9 Å². The Hall–Kier alpha value is -2.54. The Bertz CT molecular complexity index is 736. The lowest BCUT2D eigenvalue weighted by molar-refractivity contribution is -0.384. The first-order chi connectivity index (χ1) is 11.5. The summed E-state index contributed by atoms with van der Waals surface area (Å²) in [6.45, 7) is 4.54. The first kappa shape index (κ1) is 16.3. The molecule has 7 nitrogen and oxygen atoms in total. The van der Waals surface area contributed by atoms with Gasteiger partial charge in [-0.15, -0.1) is 0 Å². The SMILES string of the molecule is Cc1ccnc(N(C)C2CCN(Cc3cccc([N+](=O)[O-])c3)C2)n1.